The van der Waals surface area contributed by atoms with Crippen molar-refractivity contribution in [3.8, 4) is 0 Å². The number of aliphatic imine (C=N–C) groups is 1. The first-order valence-corrected chi connectivity index (χ1v) is 5.80. The number of nitrogens with zero attached hydrogens (tertiary/aromatic N) is 1. The summed E-state index contributed by atoms with van der Waals surface area (Å²) in [5.74, 6) is -4.46. The van der Waals surface area contributed by atoms with Crippen LogP contribution < -0.4 is 22.4 Å². The van der Waals surface area contributed by atoms with Crippen molar-refractivity contribution < 1.29 is 29.2 Å². The molecular formula is C11H19N5O6. The Kier molecular flexibility index (Phi) is 12.9. The van der Waals surface area contributed by atoms with Crippen LogP contribution in [0.15, 0.2) is 17.1 Å². The molecule has 1 rings (SSSR count). The van der Waals surface area contributed by atoms with E-state index in [-0.39, 0.29) is 6.61 Å². The van der Waals surface area contributed by atoms with Gasteiger partial charge in [0, 0.05) is 19.2 Å². The second kappa shape index (κ2) is 13.2. The van der Waals surface area contributed by atoms with Gasteiger partial charge in [-0.25, -0.2) is 11.0 Å². The zero-order valence-corrected chi connectivity index (χ0v) is 12.0. The molecule has 0 radical (unpaired) electrons. The zero-order valence-electron chi connectivity index (χ0n) is 12.0. The van der Waals surface area contributed by atoms with Gasteiger partial charge in [-0.15, -0.1) is 0 Å². The minimum absolute atomic E-state index is 0.166. The monoisotopic (exact) mass is 317 g/mol. The van der Waals surface area contributed by atoms with Crippen molar-refractivity contribution in [3.63, 3.8) is 0 Å². The van der Waals surface area contributed by atoms with Gasteiger partial charge in [-0.05, 0) is 6.92 Å². The van der Waals surface area contributed by atoms with Crippen LogP contribution in [0.3, 0.4) is 0 Å². The van der Waals surface area contributed by atoms with E-state index in [0.717, 1.165) is 17.6 Å². The molecule has 7 N–H and O–H groups in total. The van der Waals surface area contributed by atoms with E-state index < -0.39 is 23.6 Å². The van der Waals surface area contributed by atoms with Gasteiger partial charge < -0.3 is 11.5 Å². The van der Waals surface area contributed by atoms with Gasteiger partial charge in [0.1, 0.15) is 0 Å². The lowest BCUT2D eigenvalue weighted by Gasteiger charge is -2.01. The van der Waals surface area contributed by atoms with E-state index in [1.165, 1.54) is 6.42 Å². The standard InChI is InChI=1S/C6H10N2O3.C3H5N.C2H4N2O3/c1-4(2)3-11-8-6(10)5(7)9;1-2-4-3-1;3-1(5)2(6)4-7/h1,3H2,2H3,(H2,7,9)(H,8,10);2H,1,3H2;7H,(H2,3,5)(H,4,6). The predicted molar refractivity (Wildman–Crippen MR) is 75.2 cm³/mol. The van der Waals surface area contributed by atoms with E-state index in [1.807, 2.05) is 11.7 Å². The van der Waals surface area contributed by atoms with E-state index in [9.17, 15) is 19.2 Å². The Labute approximate surface area is 126 Å². The van der Waals surface area contributed by atoms with Gasteiger partial charge in [0.25, 0.3) is 0 Å². The predicted octanol–water partition coefficient (Wildman–Crippen LogP) is -2.47. The first-order valence-electron chi connectivity index (χ1n) is 5.80. The molecule has 0 bridgehead atoms. The second-order valence-electron chi connectivity index (χ2n) is 3.72. The molecule has 124 valence electrons. The van der Waals surface area contributed by atoms with Gasteiger partial charge >= 0.3 is 23.6 Å². The fourth-order valence-corrected chi connectivity index (χ4v) is 0.459. The summed E-state index contributed by atoms with van der Waals surface area (Å²) in [6.45, 7) is 6.46. The van der Waals surface area contributed by atoms with Crippen molar-refractivity contribution in [2.75, 3.05) is 13.2 Å². The molecule has 0 aromatic heterocycles. The first-order chi connectivity index (χ1) is 10.2. The van der Waals surface area contributed by atoms with Gasteiger partial charge in [-0.1, -0.05) is 12.2 Å². The minimum atomic E-state index is -1.21. The molecule has 0 saturated carbocycles. The Morgan fingerprint density at radius 3 is 1.86 bits per heavy atom. The summed E-state index contributed by atoms with van der Waals surface area (Å²) < 4.78 is 0. The van der Waals surface area contributed by atoms with Crippen molar-refractivity contribution in [1.29, 1.82) is 0 Å². The van der Waals surface area contributed by atoms with Crippen LogP contribution in [0.4, 0.5) is 0 Å². The van der Waals surface area contributed by atoms with Crippen molar-refractivity contribution in [2.24, 2.45) is 16.5 Å². The van der Waals surface area contributed by atoms with Gasteiger partial charge in [0.2, 0.25) is 0 Å². The Morgan fingerprint density at radius 2 is 1.68 bits per heavy atom. The fourth-order valence-electron chi connectivity index (χ4n) is 0.459. The van der Waals surface area contributed by atoms with Crippen molar-refractivity contribution in [2.45, 2.75) is 13.3 Å². The van der Waals surface area contributed by atoms with Crippen LogP contribution in [-0.2, 0) is 24.0 Å². The molecule has 0 unspecified atom stereocenters. The SMILES string of the molecule is C1=NCC1.C=C(C)CONC(=O)C(N)=O.NC(=O)C(=O)NO. The van der Waals surface area contributed by atoms with Crippen LogP contribution in [0.5, 0.6) is 0 Å². The van der Waals surface area contributed by atoms with E-state index in [1.54, 1.807) is 6.92 Å². The van der Waals surface area contributed by atoms with Crippen LogP contribution in [0, 0.1) is 0 Å². The Balaban J connectivity index is 0. The summed E-state index contributed by atoms with van der Waals surface area (Å²) in [4.78, 5) is 48.0. The molecule has 1 aliphatic rings. The molecule has 1 heterocycles. The van der Waals surface area contributed by atoms with Crippen LogP contribution in [-0.4, -0.2) is 48.2 Å². The molecule has 11 heteroatoms. The molecule has 0 aromatic carbocycles. The molecule has 22 heavy (non-hydrogen) atoms. The largest absolute Gasteiger partial charge is 0.361 e. The van der Waals surface area contributed by atoms with Crippen molar-refractivity contribution in [3.05, 3.63) is 12.2 Å². The highest BCUT2D eigenvalue weighted by Crippen LogP contribution is 1.84. The molecule has 1 aliphatic heterocycles. The van der Waals surface area contributed by atoms with Gasteiger partial charge in [0.05, 0.1) is 6.61 Å². The third-order valence-electron chi connectivity index (χ3n) is 1.55. The molecular weight excluding hydrogens is 298 g/mol. The molecule has 0 atom stereocenters. The first kappa shape index (κ1) is 21.5. The normalized spacial score (nSPS) is 10.5. The van der Waals surface area contributed by atoms with Crippen LogP contribution in [0.2, 0.25) is 0 Å². The maximum Gasteiger partial charge on any atom is 0.332 e. The number of carbonyl (C=O) groups excluding carboxylic acids is 4. The van der Waals surface area contributed by atoms with Crippen LogP contribution in [0.1, 0.15) is 13.3 Å². The summed E-state index contributed by atoms with van der Waals surface area (Å²) in [6.07, 6.45) is 3.14. The zero-order chi connectivity index (χ0) is 17.5. The maximum absolute atomic E-state index is 10.4. The lowest BCUT2D eigenvalue weighted by atomic mass is 10.4. The Bertz CT molecular complexity index is 442. The number of nitrogens with one attached hydrogen (secondary N) is 2. The number of rotatable bonds is 3. The van der Waals surface area contributed by atoms with Crippen LogP contribution >= 0.6 is 0 Å². The van der Waals surface area contributed by atoms with Crippen molar-refractivity contribution >= 4 is 29.8 Å². The lowest BCUT2D eigenvalue weighted by molar-refractivity contribution is -0.144. The summed E-state index contributed by atoms with van der Waals surface area (Å²) in [5.41, 5.74) is 12.6. The van der Waals surface area contributed by atoms with E-state index in [4.69, 9.17) is 5.21 Å². The smallest absolute Gasteiger partial charge is 0.332 e. The van der Waals surface area contributed by atoms with Crippen LogP contribution in [0.25, 0.3) is 0 Å². The van der Waals surface area contributed by atoms with E-state index in [2.05, 4.69) is 27.9 Å². The van der Waals surface area contributed by atoms with Gasteiger partial charge in [-0.2, -0.15) is 0 Å². The average Bonchev–Trinajstić information content (AvgIpc) is 2.35. The quantitative estimate of drug-likeness (QED) is 0.166. The summed E-state index contributed by atoms with van der Waals surface area (Å²) >= 11 is 0. The third-order valence-corrected chi connectivity index (χ3v) is 1.55. The topological polar surface area (TPSA) is 186 Å². The summed E-state index contributed by atoms with van der Waals surface area (Å²) in [6, 6.07) is 0. The molecule has 0 saturated heterocycles. The van der Waals surface area contributed by atoms with Gasteiger partial charge in [0.15, 0.2) is 0 Å². The summed E-state index contributed by atoms with van der Waals surface area (Å²) in [7, 11) is 0. The fraction of sp³-hybridized carbons (Fsp3) is 0.364. The lowest BCUT2D eigenvalue weighted by Crippen LogP contribution is -2.36. The Morgan fingerprint density at radius 1 is 1.27 bits per heavy atom. The second-order valence-corrected chi connectivity index (χ2v) is 3.72. The number of carbonyl (C=O) groups is 4. The highest BCUT2D eigenvalue weighted by molar-refractivity contribution is 6.34. The summed E-state index contributed by atoms with van der Waals surface area (Å²) in [5, 5.41) is 7.60. The number of hydroxylamine groups is 2. The molecule has 0 spiro atoms. The number of amides is 4. The highest BCUT2D eigenvalue weighted by Gasteiger charge is 2.06. The molecule has 0 fully saturated rings. The van der Waals surface area contributed by atoms with Gasteiger partial charge in [-0.3, -0.25) is 34.2 Å². The van der Waals surface area contributed by atoms with Crippen molar-refractivity contribution in [1.82, 2.24) is 11.0 Å². The average molecular weight is 317 g/mol. The minimum Gasteiger partial charge on any atom is -0.361 e. The van der Waals surface area contributed by atoms with E-state index in [0.29, 0.717) is 0 Å². The molecule has 4 amide bonds. The Hall–Kier alpha value is -2.79. The number of hydrogen-bond donors (Lipinski definition) is 5. The molecule has 0 aliphatic carbocycles. The molecule has 11 nitrogen and oxygen atoms in total. The third kappa shape index (κ3) is 15.3. The number of hydrogen-bond acceptors (Lipinski definition) is 7. The highest BCUT2D eigenvalue weighted by atomic mass is 16.7. The maximum atomic E-state index is 10.4. The number of nitrogens with two attached hydrogens (primary N) is 2. The van der Waals surface area contributed by atoms with E-state index >= 15 is 0 Å². The number of primary amides is 2. The molecule has 0 aromatic rings.